The molecule has 1 fully saturated rings. The van der Waals surface area contributed by atoms with Gasteiger partial charge in [-0.15, -0.1) is 0 Å². The second kappa shape index (κ2) is 12.2. The van der Waals surface area contributed by atoms with Gasteiger partial charge in [-0.25, -0.2) is 4.98 Å². The number of benzene rings is 3. The summed E-state index contributed by atoms with van der Waals surface area (Å²) in [4.78, 5) is 22.5. The number of anilines is 2. The van der Waals surface area contributed by atoms with Crippen LogP contribution in [0.3, 0.4) is 0 Å². The Kier molecular flexibility index (Phi) is 8.05. The van der Waals surface area contributed by atoms with E-state index in [4.69, 9.17) is 14.2 Å². The Morgan fingerprint density at radius 3 is 2.64 bits per heavy atom. The Balaban J connectivity index is 1.24. The van der Waals surface area contributed by atoms with Crippen LogP contribution in [-0.2, 0) is 9.53 Å². The Labute approximate surface area is 226 Å². The van der Waals surface area contributed by atoms with Gasteiger partial charge in [-0.3, -0.25) is 4.79 Å². The molecule has 0 radical (unpaired) electrons. The quantitative estimate of drug-likeness (QED) is 0.301. The molecule has 1 aliphatic rings. The number of carbonyl (C=O) groups is 1. The van der Waals surface area contributed by atoms with Crippen molar-refractivity contribution in [1.29, 1.82) is 5.26 Å². The van der Waals surface area contributed by atoms with E-state index < -0.39 is 0 Å². The molecule has 9 heteroatoms. The number of aromatic amines is 1. The number of ether oxygens (including phenoxy) is 3. The summed E-state index contributed by atoms with van der Waals surface area (Å²) in [5.41, 5.74) is 4.58. The van der Waals surface area contributed by atoms with Gasteiger partial charge in [0.2, 0.25) is 0 Å². The lowest BCUT2D eigenvalue weighted by molar-refractivity contribution is -0.118. The van der Waals surface area contributed by atoms with Gasteiger partial charge < -0.3 is 29.4 Å². The molecule has 1 amide bonds. The topological polar surface area (TPSA) is 112 Å². The second-order valence-electron chi connectivity index (χ2n) is 8.89. The zero-order valence-corrected chi connectivity index (χ0v) is 21.6. The minimum absolute atomic E-state index is 0.178. The Bertz CT molecular complexity index is 1480. The van der Waals surface area contributed by atoms with Gasteiger partial charge in [0.1, 0.15) is 11.9 Å². The number of amides is 1. The van der Waals surface area contributed by atoms with Crippen LogP contribution in [0, 0.1) is 11.3 Å². The smallest absolute Gasteiger partial charge is 0.262 e. The highest BCUT2D eigenvalue weighted by Crippen LogP contribution is 2.30. The lowest BCUT2D eigenvalue weighted by Gasteiger charge is -2.28. The summed E-state index contributed by atoms with van der Waals surface area (Å²) < 4.78 is 17.0. The van der Waals surface area contributed by atoms with E-state index >= 15 is 0 Å². The number of nitriles is 1. The van der Waals surface area contributed by atoms with Gasteiger partial charge in [0, 0.05) is 24.5 Å². The van der Waals surface area contributed by atoms with E-state index in [-0.39, 0.29) is 12.5 Å². The molecule has 0 spiro atoms. The van der Waals surface area contributed by atoms with Crippen LogP contribution in [0.2, 0.25) is 0 Å². The lowest BCUT2D eigenvalue weighted by Crippen LogP contribution is -2.36. The van der Waals surface area contributed by atoms with Gasteiger partial charge in [0.15, 0.2) is 18.1 Å². The van der Waals surface area contributed by atoms with Gasteiger partial charge in [0.25, 0.3) is 5.91 Å². The molecule has 0 atom stereocenters. The number of hydrogen-bond donors (Lipinski definition) is 2. The standard InChI is InChI=1S/C30H29N5O4/c1-2-38-28-18-21(17-22(19-31)30-33-25-5-3-4-6-26(25)34-30)7-12-27(28)39-20-29(36)32-23-8-10-24(11-9-23)35-13-15-37-16-14-35/h3-12,17-18H,2,13-16,20H2,1H3,(H,32,36)(H,33,34)/b22-17+. The third-order valence-corrected chi connectivity index (χ3v) is 6.23. The molecule has 4 aromatic rings. The summed E-state index contributed by atoms with van der Waals surface area (Å²) >= 11 is 0. The molecule has 1 aromatic heterocycles. The third kappa shape index (κ3) is 6.37. The van der Waals surface area contributed by atoms with E-state index in [2.05, 4.69) is 26.3 Å². The maximum Gasteiger partial charge on any atom is 0.262 e. The van der Waals surface area contributed by atoms with Crippen LogP contribution < -0.4 is 19.7 Å². The van der Waals surface area contributed by atoms with Gasteiger partial charge in [-0.1, -0.05) is 18.2 Å². The summed E-state index contributed by atoms with van der Waals surface area (Å²) in [6.07, 6.45) is 1.73. The predicted molar refractivity (Wildman–Crippen MR) is 151 cm³/mol. The van der Waals surface area contributed by atoms with Crippen molar-refractivity contribution in [3.05, 3.63) is 78.1 Å². The minimum atomic E-state index is -0.280. The van der Waals surface area contributed by atoms with Crippen LogP contribution in [0.15, 0.2) is 66.7 Å². The van der Waals surface area contributed by atoms with Crippen molar-refractivity contribution in [2.24, 2.45) is 0 Å². The lowest BCUT2D eigenvalue weighted by atomic mass is 10.1. The molecule has 9 nitrogen and oxygen atoms in total. The second-order valence-corrected chi connectivity index (χ2v) is 8.89. The number of allylic oxidation sites excluding steroid dienone is 1. The molecule has 1 aliphatic heterocycles. The maximum absolute atomic E-state index is 12.6. The Morgan fingerprint density at radius 2 is 1.90 bits per heavy atom. The SMILES string of the molecule is CCOc1cc(/C=C(\C#N)c2nc3ccccc3[nH]2)ccc1OCC(=O)Nc1ccc(N2CCOCC2)cc1. The molecule has 39 heavy (non-hydrogen) atoms. The molecule has 198 valence electrons. The van der Waals surface area contributed by atoms with Crippen LogP contribution in [0.4, 0.5) is 11.4 Å². The van der Waals surface area contributed by atoms with Gasteiger partial charge in [-0.2, -0.15) is 5.26 Å². The number of carbonyl (C=O) groups excluding carboxylic acids is 1. The van der Waals surface area contributed by atoms with Gasteiger partial charge >= 0.3 is 0 Å². The zero-order chi connectivity index (χ0) is 27.0. The van der Waals surface area contributed by atoms with E-state index in [1.807, 2.05) is 55.5 Å². The normalized spacial score (nSPS) is 13.6. The molecule has 1 saturated heterocycles. The average molecular weight is 524 g/mol. The number of nitrogens with one attached hydrogen (secondary N) is 2. The highest BCUT2D eigenvalue weighted by molar-refractivity contribution is 5.92. The van der Waals surface area contributed by atoms with E-state index in [1.165, 1.54) is 0 Å². The molecular formula is C30H29N5O4. The molecule has 2 N–H and O–H groups in total. The number of morpholine rings is 1. The largest absolute Gasteiger partial charge is 0.490 e. The van der Waals surface area contributed by atoms with Gasteiger partial charge in [-0.05, 0) is 67.1 Å². The van der Waals surface area contributed by atoms with Crippen molar-refractivity contribution in [2.75, 3.05) is 49.7 Å². The fourth-order valence-electron chi connectivity index (χ4n) is 4.32. The first-order valence-electron chi connectivity index (χ1n) is 12.8. The monoisotopic (exact) mass is 523 g/mol. The molecule has 0 saturated carbocycles. The van der Waals surface area contributed by atoms with E-state index in [9.17, 15) is 10.1 Å². The first-order chi connectivity index (χ1) is 19.1. The van der Waals surface area contributed by atoms with Crippen LogP contribution in [0.5, 0.6) is 11.5 Å². The molecule has 2 heterocycles. The van der Waals surface area contributed by atoms with Crippen molar-refractivity contribution >= 4 is 40.0 Å². The Hall–Kier alpha value is -4.81. The zero-order valence-electron chi connectivity index (χ0n) is 21.6. The van der Waals surface area contributed by atoms with Crippen molar-refractivity contribution in [3.63, 3.8) is 0 Å². The number of para-hydroxylation sites is 2. The number of hydrogen-bond acceptors (Lipinski definition) is 7. The van der Waals surface area contributed by atoms with Crippen molar-refractivity contribution in [1.82, 2.24) is 9.97 Å². The van der Waals surface area contributed by atoms with Crippen LogP contribution in [-0.4, -0.2) is 55.4 Å². The van der Waals surface area contributed by atoms with E-state index in [0.29, 0.717) is 35.2 Å². The Morgan fingerprint density at radius 1 is 1.10 bits per heavy atom. The summed E-state index contributed by atoms with van der Waals surface area (Å²) in [5.74, 6) is 1.13. The summed E-state index contributed by atoms with van der Waals surface area (Å²) in [6.45, 7) is 5.26. The molecule has 0 bridgehead atoms. The van der Waals surface area contributed by atoms with Gasteiger partial charge in [0.05, 0.1) is 36.4 Å². The molecule has 5 rings (SSSR count). The highest BCUT2D eigenvalue weighted by atomic mass is 16.5. The van der Waals surface area contributed by atoms with E-state index in [0.717, 1.165) is 48.6 Å². The number of rotatable bonds is 9. The molecular weight excluding hydrogens is 494 g/mol. The highest BCUT2D eigenvalue weighted by Gasteiger charge is 2.13. The fraction of sp³-hybridized carbons (Fsp3) is 0.233. The third-order valence-electron chi connectivity index (χ3n) is 6.23. The maximum atomic E-state index is 12.6. The van der Waals surface area contributed by atoms with E-state index in [1.54, 1.807) is 24.3 Å². The van der Waals surface area contributed by atoms with Crippen LogP contribution in [0.1, 0.15) is 18.3 Å². The van der Waals surface area contributed by atoms with Crippen molar-refractivity contribution in [2.45, 2.75) is 6.92 Å². The first-order valence-corrected chi connectivity index (χ1v) is 12.8. The molecule has 0 aliphatic carbocycles. The average Bonchev–Trinajstić information content (AvgIpc) is 3.41. The fourth-order valence-corrected chi connectivity index (χ4v) is 4.32. The van der Waals surface area contributed by atoms with Crippen molar-refractivity contribution < 1.29 is 19.0 Å². The van der Waals surface area contributed by atoms with Crippen molar-refractivity contribution in [3.8, 4) is 17.6 Å². The van der Waals surface area contributed by atoms with Crippen LogP contribution >= 0.6 is 0 Å². The number of imidazole rings is 1. The number of fused-ring (bicyclic) bond motifs is 1. The number of aromatic nitrogens is 2. The first kappa shape index (κ1) is 25.8. The predicted octanol–water partition coefficient (Wildman–Crippen LogP) is 4.88. The number of nitrogens with zero attached hydrogens (tertiary/aromatic N) is 3. The number of H-pyrrole nitrogens is 1. The molecule has 0 unspecified atom stereocenters. The van der Waals surface area contributed by atoms with Crippen LogP contribution in [0.25, 0.3) is 22.7 Å². The summed E-state index contributed by atoms with van der Waals surface area (Å²) in [7, 11) is 0. The molecule has 3 aromatic carbocycles. The minimum Gasteiger partial charge on any atom is -0.490 e. The summed E-state index contributed by atoms with van der Waals surface area (Å²) in [6, 6.07) is 22.9. The summed E-state index contributed by atoms with van der Waals surface area (Å²) in [5, 5.41) is 12.6.